The van der Waals surface area contributed by atoms with Crippen molar-refractivity contribution in [1.82, 2.24) is 5.32 Å². The molecule has 0 radical (unpaired) electrons. The number of methoxy groups -OCH3 is 1. The molecule has 1 aliphatic rings. The number of nitrogens with one attached hydrogen (secondary N) is 1. The van der Waals surface area contributed by atoms with Crippen LogP contribution in [0.2, 0.25) is 0 Å². The normalized spacial score (nSPS) is 17.3. The van der Waals surface area contributed by atoms with Gasteiger partial charge in [-0.05, 0) is 49.7 Å². The van der Waals surface area contributed by atoms with Gasteiger partial charge >= 0.3 is 0 Å². The third-order valence-corrected chi connectivity index (χ3v) is 4.35. The smallest absolute Gasteiger partial charge is 0.224 e. The van der Waals surface area contributed by atoms with Crippen LogP contribution in [0, 0.1) is 0 Å². The van der Waals surface area contributed by atoms with Crippen molar-refractivity contribution >= 4 is 24.0 Å². The van der Waals surface area contributed by atoms with Crippen LogP contribution < -0.4 is 20.5 Å². The topological polar surface area (TPSA) is 73.6 Å². The highest BCUT2D eigenvalue weighted by Crippen LogP contribution is 2.40. The Morgan fingerprint density at radius 1 is 1.27 bits per heavy atom. The number of hydrogen-bond donors (Lipinski definition) is 2. The molecule has 5 nitrogen and oxygen atoms in total. The van der Waals surface area contributed by atoms with Gasteiger partial charge in [0.25, 0.3) is 0 Å². The largest absolute Gasteiger partial charge is 0.497 e. The van der Waals surface area contributed by atoms with E-state index in [0.717, 1.165) is 22.6 Å². The number of carbonyl (C=O) groups is 1. The molecule has 1 amide bonds. The minimum Gasteiger partial charge on any atom is -0.497 e. The van der Waals surface area contributed by atoms with E-state index in [1.807, 2.05) is 56.3 Å². The summed E-state index contributed by atoms with van der Waals surface area (Å²) in [7, 11) is 1.62. The molecule has 0 aromatic heterocycles. The highest BCUT2D eigenvalue weighted by atomic mass is 35.5. The number of amides is 1. The van der Waals surface area contributed by atoms with Crippen LogP contribution >= 0.6 is 12.4 Å². The van der Waals surface area contributed by atoms with Gasteiger partial charge in [-0.2, -0.15) is 0 Å². The van der Waals surface area contributed by atoms with Gasteiger partial charge in [-0.3, -0.25) is 4.79 Å². The molecule has 0 spiro atoms. The van der Waals surface area contributed by atoms with Crippen molar-refractivity contribution in [3.63, 3.8) is 0 Å². The van der Waals surface area contributed by atoms with Crippen molar-refractivity contribution in [1.29, 1.82) is 0 Å². The first kappa shape index (κ1) is 19.9. The zero-order valence-corrected chi connectivity index (χ0v) is 16.1. The Kier molecular flexibility index (Phi) is 6.03. The van der Waals surface area contributed by atoms with Gasteiger partial charge in [0.2, 0.25) is 5.91 Å². The summed E-state index contributed by atoms with van der Waals surface area (Å²) in [5.41, 5.74) is 8.11. The highest BCUT2D eigenvalue weighted by molar-refractivity contribution is 5.85. The molecule has 2 aromatic carbocycles. The number of fused-ring (bicyclic) bond motifs is 1. The Labute approximate surface area is 160 Å². The Morgan fingerprint density at radius 3 is 2.62 bits per heavy atom. The van der Waals surface area contributed by atoms with Gasteiger partial charge in [-0.25, -0.2) is 0 Å². The fourth-order valence-corrected chi connectivity index (χ4v) is 3.18. The molecule has 2 aromatic rings. The number of nitrogens with two attached hydrogens (primary N) is 1. The quantitative estimate of drug-likeness (QED) is 0.798. The summed E-state index contributed by atoms with van der Waals surface area (Å²) in [5, 5.41) is 3.13. The van der Waals surface area contributed by atoms with E-state index in [9.17, 15) is 4.79 Å². The number of hydrogen-bond acceptors (Lipinski definition) is 4. The second-order valence-electron chi connectivity index (χ2n) is 7.01. The van der Waals surface area contributed by atoms with Crippen molar-refractivity contribution in [3.8, 4) is 11.5 Å². The zero-order valence-electron chi connectivity index (χ0n) is 15.2. The summed E-state index contributed by atoms with van der Waals surface area (Å²) in [6.07, 6.45) is 1.01. The molecule has 140 valence electrons. The number of nitrogen functional groups attached to an aromatic ring is 1. The first-order chi connectivity index (χ1) is 11.9. The minimum atomic E-state index is -0.346. The Morgan fingerprint density at radius 2 is 1.96 bits per heavy atom. The number of anilines is 1. The van der Waals surface area contributed by atoms with E-state index in [1.54, 1.807) is 7.11 Å². The van der Waals surface area contributed by atoms with Crippen LogP contribution in [0.1, 0.15) is 37.4 Å². The van der Waals surface area contributed by atoms with E-state index in [4.69, 9.17) is 15.2 Å². The number of rotatable bonds is 4. The van der Waals surface area contributed by atoms with Crippen LogP contribution in [0.25, 0.3) is 0 Å². The Balaban J connectivity index is 0.00000243. The summed E-state index contributed by atoms with van der Waals surface area (Å²) in [5.74, 6) is 1.53. The molecule has 1 atom stereocenters. The van der Waals surface area contributed by atoms with Gasteiger partial charge in [0.1, 0.15) is 17.1 Å². The van der Waals surface area contributed by atoms with Crippen molar-refractivity contribution in [2.45, 2.75) is 38.3 Å². The third kappa shape index (κ3) is 4.61. The van der Waals surface area contributed by atoms with Crippen LogP contribution in [-0.2, 0) is 11.2 Å². The summed E-state index contributed by atoms with van der Waals surface area (Å²) >= 11 is 0. The SMILES string of the molecule is COc1ccc(CC(=O)NC2CC(C)(C)Oc3ccc(N)cc32)cc1.Cl. The molecular weight excluding hydrogens is 352 g/mol. The van der Waals surface area contributed by atoms with Crippen molar-refractivity contribution < 1.29 is 14.3 Å². The van der Waals surface area contributed by atoms with Crippen molar-refractivity contribution in [2.24, 2.45) is 0 Å². The lowest BCUT2D eigenvalue weighted by atomic mass is 9.89. The van der Waals surface area contributed by atoms with E-state index in [-0.39, 0.29) is 30.0 Å². The molecule has 0 saturated heterocycles. The molecule has 0 aliphatic carbocycles. The lowest BCUT2D eigenvalue weighted by Gasteiger charge is -2.38. The van der Waals surface area contributed by atoms with Gasteiger partial charge in [-0.1, -0.05) is 12.1 Å². The first-order valence-electron chi connectivity index (χ1n) is 8.37. The molecule has 0 fully saturated rings. The highest BCUT2D eigenvalue weighted by Gasteiger charge is 2.34. The van der Waals surface area contributed by atoms with Gasteiger partial charge in [-0.15, -0.1) is 12.4 Å². The van der Waals surface area contributed by atoms with Gasteiger partial charge in [0.15, 0.2) is 0 Å². The maximum absolute atomic E-state index is 12.5. The average molecular weight is 377 g/mol. The van der Waals surface area contributed by atoms with E-state index in [2.05, 4.69) is 5.32 Å². The standard InChI is InChI=1S/C20H24N2O3.ClH/c1-20(2)12-17(16-11-14(21)6-9-18(16)25-20)22-19(23)10-13-4-7-15(24-3)8-5-13;/h4-9,11,17H,10,12,21H2,1-3H3,(H,22,23);1H. The molecule has 1 aliphatic heterocycles. The Bertz CT molecular complexity index is 775. The van der Waals surface area contributed by atoms with E-state index < -0.39 is 0 Å². The molecule has 26 heavy (non-hydrogen) atoms. The fourth-order valence-electron chi connectivity index (χ4n) is 3.18. The summed E-state index contributed by atoms with van der Waals surface area (Å²) in [6, 6.07) is 13.0. The van der Waals surface area contributed by atoms with Gasteiger partial charge in [0, 0.05) is 17.7 Å². The second-order valence-corrected chi connectivity index (χ2v) is 7.01. The average Bonchev–Trinajstić information content (AvgIpc) is 2.55. The summed E-state index contributed by atoms with van der Waals surface area (Å²) in [6.45, 7) is 4.05. The van der Waals surface area contributed by atoms with Crippen LogP contribution in [0.3, 0.4) is 0 Å². The monoisotopic (exact) mass is 376 g/mol. The van der Waals surface area contributed by atoms with E-state index in [0.29, 0.717) is 18.5 Å². The molecule has 1 unspecified atom stereocenters. The molecule has 3 N–H and O–H groups in total. The Hall–Kier alpha value is -2.40. The van der Waals surface area contributed by atoms with E-state index in [1.165, 1.54) is 0 Å². The number of carbonyl (C=O) groups excluding carboxylic acids is 1. The van der Waals surface area contributed by atoms with Crippen LogP contribution in [-0.4, -0.2) is 18.6 Å². The van der Waals surface area contributed by atoms with Gasteiger partial charge < -0.3 is 20.5 Å². The molecule has 1 heterocycles. The summed E-state index contributed by atoms with van der Waals surface area (Å²) < 4.78 is 11.2. The minimum absolute atomic E-state index is 0. The second kappa shape index (κ2) is 7.87. The fraction of sp³-hybridized carbons (Fsp3) is 0.350. The molecular formula is C20H25ClN2O3. The third-order valence-electron chi connectivity index (χ3n) is 4.35. The maximum Gasteiger partial charge on any atom is 0.224 e. The lowest BCUT2D eigenvalue weighted by Crippen LogP contribution is -2.41. The number of benzene rings is 2. The molecule has 0 saturated carbocycles. The van der Waals surface area contributed by atoms with Crippen LogP contribution in [0.4, 0.5) is 5.69 Å². The summed E-state index contributed by atoms with van der Waals surface area (Å²) in [4.78, 5) is 12.5. The zero-order chi connectivity index (χ0) is 18.0. The number of halogens is 1. The maximum atomic E-state index is 12.5. The molecule has 0 bridgehead atoms. The first-order valence-corrected chi connectivity index (χ1v) is 8.37. The number of ether oxygens (including phenoxy) is 2. The predicted molar refractivity (Wildman–Crippen MR) is 105 cm³/mol. The van der Waals surface area contributed by atoms with Crippen LogP contribution in [0.5, 0.6) is 11.5 Å². The van der Waals surface area contributed by atoms with Gasteiger partial charge in [0.05, 0.1) is 19.6 Å². The van der Waals surface area contributed by atoms with Crippen molar-refractivity contribution in [3.05, 3.63) is 53.6 Å². The molecule has 6 heteroatoms. The lowest BCUT2D eigenvalue weighted by molar-refractivity contribution is -0.121. The predicted octanol–water partition coefficient (Wildman–Crippen LogP) is 3.66. The van der Waals surface area contributed by atoms with Crippen LogP contribution in [0.15, 0.2) is 42.5 Å². The van der Waals surface area contributed by atoms with E-state index >= 15 is 0 Å². The molecule has 3 rings (SSSR count). The van der Waals surface area contributed by atoms with Crippen molar-refractivity contribution in [2.75, 3.05) is 12.8 Å².